The third-order valence-electron chi connectivity index (χ3n) is 7.40. The van der Waals surface area contributed by atoms with E-state index in [4.69, 9.17) is 9.47 Å². The van der Waals surface area contributed by atoms with Crippen LogP contribution in [0.3, 0.4) is 0 Å². The summed E-state index contributed by atoms with van der Waals surface area (Å²) in [4.78, 5) is 26.3. The van der Waals surface area contributed by atoms with Gasteiger partial charge in [0.25, 0.3) is 0 Å². The lowest BCUT2D eigenvalue weighted by Gasteiger charge is -2.49. The van der Waals surface area contributed by atoms with Crippen LogP contribution in [0.5, 0.6) is 5.75 Å². The van der Waals surface area contributed by atoms with Crippen molar-refractivity contribution in [2.75, 3.05) is 7.11 Å². The molecular formula is C31H28O5. The van der Waals surface area contributed by atoms with Gasteiger partial charge >= 0.3 is 11.9 Å². The summed E-state index contributed by atoms with van der Waals surface area (Å²) in [6.07, 6.45) is 0. The van der Waals surface area contributed by atoms with Crippen molar-refractivity contribution in [3.05, 3.63) is 113 Å². The van der Waals surface area contributed by atoms with Crippen molar-refractivity contribution in [3.63, 3.8) is 0 Å². The van der Waals surface area contributed by atoms with E-state index in [0.717, 1.165) is 27.5 Å². The van der Waals surface area contributed by atoms with Gasteiger partial charge in [-0.15, -0.1) is 0 Å². The number of carbonyl (C=O) groups is 2. The average molecular weight is 481 g/mol. The van der Waals surface area contributed by atoms with E-state index in [-0.39, 0.29) is 6.61 Å². The Labute approximate surface area is 210 Å². The maximum atomic E-state index is 13.7. The summed E-state index contributed by atoms with van der Waals surface area (Å²) in [5.41, 5.74) is 3.45. The first kappa shape index (κ1) is 23.6. The second kappa shape index (κ2) is 9.86. The van der Waals surface area contributed by atoms with Crippen molar-refractivity contribution in [2.24, 2.45) is 11.8 Å². The monoisotopic (exact) mass is 480 g/mol. The van der Waals surface area contributed by atoms with Gasteiger partial charge in [0.05, 0.1) is 18.9 Å². The number of para-hydroxylation sites is 1. The Morgan fingerprint density at radius 3 is 2.17 bits per heavy atom. The van der Waals surface area contributed by atoms with Crippen molar-refractivity contribution < 1.29 is 24.2 Å². The number of hydrogen-bond acceptors (Lipinski definition) is 4. The molecule has 0 saturated heterocycles. The molecular weight excluding hydrogens is 452 g/mol. The zero-order valence-electron chi connectivity index (χ0n) is 20.3. The van der Waals surface area contributed by atoms with Crippen LogP contribution < -0.4 is 4.74 Å². The second-order valence-corrected chi connectivity index (χ2v) is 9.29. The molecule has 5 heteroatoms. The molecule has 4 aromatic carbocycles. The van der Waals surface area contributed by atoms with Crippen molar-refractivity contribution in [1.29, 1.82) is 0 Å². The number of methoxy groups -OCH3 is 1. The molecule has 1 saturated carbocycles. The third-order valence-corrected chi connectivity index (χ3v) is 7.40. The molecule has 0 radical (unpaired) electrons. The van der Waals surface area contributed by atoms with Crippen LogP contribution >= 0.6 is 0 Å². The third kappa shape index (κ3) is 4.11. The standard InChI is InChI=1S/C31H28O5/c1-19-10-3-5-14-22(19)26-28(30(32)33)27(24-16-7-8-17-25(24)35-2)29(26)31(34)36-18-21-13-9-12-20-11-4-6-15-23(20)21/h3-17,26-29H,18H2,1-2H3,(H,32,33)/t26-,27-,28+,29+/m0/s1. The molecule has 4 atom stereocenters. The smallest absolute Gasteiger partial charge is 0.310 e. The second-order valence-electron chi connectivity index (χ2n) is 9.29. The lowest BCUT2D eigenvalue weighted by molar-refractivity contribution is -0.165. The van der Waals surface area contributed by atoms with E-state index in [1.165, 1.54) is 0 Å². The average Bonchev–Trinajstić information content (AvgIpc) is 2.88. The van der Waals surface area contributed by atoms with Gasteiger partial charge in [0, 0.05) is 11.8 Å². The van der Waals surface area contributed by atoms with Gasteiger partial charge in [-0.05, 0) is 46.0 Å². The largest absolute Gasteiger partial charge is 0.496 e. The number of esters is 1. The summed E-state index contributed by atoms with van der Waals surface area (Å²) >= 11 is 0. The summed E-state index contributed by atoms with van der Waals surface area (Å²) < 4.78 is 11.5. The fourth-order valence-electron chi connectivity index (χ4n) is 5.69. The molecule has 0 heterocycles. The van der Waals surface area contributed by atoms with Crippen LogP contribution in [-0.2, 0) is 20.9 Å². The van der Waals surface area contributed by atoms with Crippen molar-refractivity contribution >= 4 is 22.7 Å². The van der Waals surface area contributed by atoms with E-state index in [9.17, 15) is 14.7 Å². The van der Waals surface area contributed by atoms with Gasteiger partial charge in [-0.25, -0.2) is 0 Å². The number of hydrogen-bond donors (Lipinski definition) is 1. The predicted octanol–water partition coefficient (Wildman–Crippen LogP) is 6.10. The van der Waals surface area contributed by atoms with Crippen LogP contribution in [0.2, 0.25) is 0 Å². The molecule has 5 nitrogen and oxygen atoms in total. The summed E-state index contributed by atoms with van der Waals surface area (Å²) in [7, 11) is 1.56. The zero-order valence-corrected chi connectivity index (χ0v) is 20.3. The SMILES string of the molecule is COc1ccccc1[C@H]1[C@H](C(=O)O)[C@H](c2ccccc2C)[C@H]1C(=O)OCc1cccc2ccccc12. The maximum Gasteiger partial charge on any atom is 0.310 e. The van der Waals surface area contributed by atoms with Gasteiger partial charge in [0.15, 0.2) is 0 Å². The van der Waals surface area contributed by atoms with E-state index in [2.05, 4.69) is 0 Å². The molecule has 1 aliphatic rings. The van der Waals surface area contributed by atoms with E-state index in [1.807, 2.05) is 91.9 Å². The fourth-order valence-corrected chi connectivity index (χ4v) is 5.69. The quantitative estimate of drug-likeness (QED) is 0.324. The summed E-state index contributed by atoms with van der Waals surface area (Å²) in [5, 5.41) is 12.4. The molecule has 0 bridgehead atoms. The minimum Gasteiger partial charge on any atom is -0.496 e. The number of carboxylic acids is 1. The number of benzene rings is 4. The first-order valence-electron chi connectivity index (χ1n) is 12.1. The van der Waals surface area contributed by atoms with Crippen molar-refractivity contribution in [1.82, 2.24) is 0 Å². The van der Waals surface area contributed by atoms with Crippen LogP contribution in [0, 0.1) is 18.8 Å². The summed E-state index contributed by atoms with van der Waals surface area (Å²) in [5.74, 6) is -3.26. The molecule has 4 aromatic rings. The van der Waals surface area contributed by atoms with E-state index < -0.39 is 35.6 Å². The highest BCUT2D eigenvalue weighted by Crippen LogP contribution is 2.60. The lowest BCUT2D eigenvalue weighted by Crippen LogP contribution is -2.51. The van der Waals surface area contributed by atoms with Crippen molar-refractivity contribution in [3.8, 4) is 5.75 Å². The lowest BCUT2D eigenvalue weighted by atomic mass is 9.52. The number of rotatable bonds is 7. The number of ether oxygens (including phenoxy) is 2. The predicted molar refractivity (Wildman–Crippen MR) is 138 cm³/mol. The Kier molecular flexibility index (Phi) is 6.47. The molecule has 0 aliphatic heterocycles. The Morgan fingerprint density at radius 1 is 0.778 bits per heavy atom. The molecule has 182 valence electrons. The highest BCUT2D eigenvalue weighted by Gasteiger charge is 2.60. The number of aliphatic carboxylic acids is 1. The number of carboxylic acid groups (broad SMARTS) is 1. The van der Waals surface area contributed by atoms with Gasteiger partial charge in [-0.2, -0.15) is 0 Å². The fraction of sp³-hybridized carbons (Fsp3) is 0.226. The maximum absolute atomic E-state index is 13.7. The summed E-state index contributed by atoms with van der Waals surface area (Å²) in [6, 6.07) is 28.9. The van der Waals surface area contributed by atoms with Gasteiger partial charge < -0.3 is 14.6 Å². The van der Waals surface area contributed by atoms with Crippen LogP contribution in [0.4, 0.5) is 0 Å². The molecule has 0 unspecified atom stereocenters. The van der Waals surface area contributed by atoms with Gasteiger partial charge in [0.1, 0.15) is 12.4 Å². The van der Waals surface area contributed by atoms with E-state index in [0.29, 0.717) is 11.3 Å². The molecule has 36 heavy (non-hydrogen) atoms. The van der Waals surface area contributed by atoms with E-state index >= 15 is 0 Å². The van der Waals surface area contributed by atoms with Crippen LogP contribution in [0.25, 0.3) is 10.8 Å². The molecule has 1 aliphatic carbocycles. The zero-order chi connectivity index (χ0) is 25.2. The Balaban J connectivity index is 1.52. The van der Waals surface area contributed by atoms with Crippen molar-refractivity contribution in [2.45, 2.75) is 25.4 Å². The minimum atomic E-state index is -0.933. The minimum absolute atomic E-state index is 0.119. The first-order chi connectivity index (χ1) is 17.5. The van der Waals surface area contributed by atoms with E-state index in [1.54, 1.807) is 13.2 Å². The molecule has 1 N–H and O–H groups in total. The first-order valence-corrected chi connectivity index (χ1v) is 12.1. The highest BCUT2D eigenvalue weighted by atomic mass is 16.5. The van der Waals surface area contributed by atoms with Crippen LogP contribution in [0.15, 0.2) is 91.0 Å². The Hall–Kier alpha value is -4.12. The number of aryl methyl sites for hydroxylation is 1. The van der Waals surface area contributed by atoms with Crippen LogP contribution in [-0.4, -0.2) is 24.2 Å². The highest BCUT2D eigenvalue weighted by molar-refractivity contribution is 5.87. The summed E-state index contributed by atoms with van der Waals surface area (Å²) in [6.45, 7) is 2.07. The molecule has 5 rings (SSSR count). The number of fused-ring (bicyclic) bond motifs is 1. The van der Waals surface area contributed by atoms with Crippen LogP contribution in [0.1, 0.15) is 34.1 Å². The van der Waals surface area contributed by atoms with Gasteiger partial charge in [-0.3, -0.25) is 9.59 Å². The molecule has 0 spiro atoms. The Bertz CT molecular complexity index is 1420. The molecule has 0 aromatic heterocycles. The Morgan fingerprint density at radius 2 is 1.42 bits per heavy atom. The van der Waals surface area contributed by atoms with Gasteiger partial charge in [0.2, 0.25) is 0 Å². The molecule has 1 fully saturated rings. The molecule has 0 amide bonds. The van der Waals surface area contributed by atoms with Gasteiger partial charge in [-0.1, -0.05) is 84.9 Å². The topological polar surface area (TPSA) is 72.8 Å². The normalized spacial score (nSPS) is 20.9. The number of carbonyl (C=O) groups excluding carboxylic acids is 1.